The molecule has 0 radical (unpaired) electrons. The van der Waals surface area contributed by atoms with E-state index in [9.17, 15) is 0 Å². The quantitative estimate of drug-likeness (QED) is 0.715. The predicted octanol–water partition coefficient (Wildman–Crippen LogP) is 2.04. The molecule has 2 rings (SSSR count). The molecule has 0 saturated carbocycles. The van der Waals surface area contributed by atoms with Crippen LogP contribution in [-0.4, -0.2) is 10.1 Å². The maximum atomic E-state index is 8.90. The Balaban J connectivity index is 2.68. The van der Waals surface area contributed by atoms with Gasteiger partial charge < -0.3 is 5.11 Å². The topological polar surface area (TPSA) is 33.1 Å². The van der Waals surface area contributed by atoms with Crippen LogP contribution in [0.25, 0.3) is 10.8 Å². The van der Waals surface area contributed by atoms with E-state index in [0.717, 1.165) is 16.5 Å². The molecule has 1 aromatic carbocycles. The van der Waals surface area contributed by atoms with Gasteiger partial charge in [0.15, 0.2) is 0 Å². The average molecular weight is 173 g/mol. The van der Waals surface area contributed by atoms with Crippen LogP contribution in [0.5, 0.6) is 0 Å². The van der Waals surface area contributed by atoms with Gasteiger partial charge in [0.05, 0.1) is 12.3 Å². The molecule has 0 atom stereocenters. The lowest BCUT2D eigenvalue weighted by Gasteiger charge is -2.00. The number of aliphatic hydroxyl groups excluding tert-OH is 1. The normalized spacial score (nSPS) is 10.6. The smallest absolute Gasteiger partial charge is 0.0853 e. The number of hydrogen-bond acceptors (Lipinski definition) is 2. The molecule has 66 valence electrons. The Morgan fingerprint density at radius 2 is 2.08 bits per heavy atom. The lowest BCUT2D eigenvalue weighted by atomic mass is 10.1. The zero-order valence-corrected chi connectivity index (χ0v) is 7.49. The molecule has 0 amide bonds. The van der Waals surface area contributed by atoms with E-state index in [2.05, 4.69) is 24.0 Å². The molecule has 0 aliphatic carbocycles. The van der Waals surface area contributed by atoms with Crippen LogP contribution < -0.4 is 0 Å². The van der Waals surface area contributed by atoms with Crippen molar-refractivity contribution in [1.29, 1.82) is 0 Å². The van der Waals surface area contributed by atoms with Crippen molar-refractivity contribution in [1.82, 2.24) is 4.98 Å². The Bertz CT molecular complexity index is 437. The maximum absolute atomic E-state index is 8.90. The first kappa shape index (κ1) is 8.20. The third-order valence-electron chi connectivity index (χ3n) is 2.10. The number of hydrogen-bond donors (Lipinski definition) is 1. The van der Waals surface area contributed by atoms with Crippen molar-refractivity contribution in [2.45, 2.75) is 13.5 Å². The second-order valence-corrected chi connectivity index (χ2v) is 3.18. The number of benzene rings is 1. The number of aryl methyl sites for hydroxylation is 1. The van der Waals surface area contributed by atoms with Gasteiger partial charge in [-0.1, -0.05) is 23.8 Å². The van der Waals surface area contributed by atoms with Crippen LogP contribution in [-0.2, 0) is 6.61 Å². The summed E-state index contributed by atoms with van der Waals surface area (Å²) in [6, 6.07) is 8.11. The van der Waals surface area contributed by atoms with E-state index in [1.807, 2.05) is 12.1 Å². The van der Waals surface area contributed by atoms with Gasteiger partial charge in [-0.2, -0.15) is 0 Å². The third-order valence-corrected chi connectivity index (χ3v) is 2.10. The van der Waals surface area contributed by atoms with Crippen LogP contribution in [0.2, 0.25) is 0 Å². The van der Waals surface area contributed by atoms with E-state index in [-0.39, 0.29) is 6.61 Å². The van der Waals surface area contributed by atoms with E-state index < -0.39 is 0 Å². The first-order valence-electron chi connectivity index (χ1n) is 4.26. The van der Waals surface area contributed by atoms with Gasteiger partial charge in [0.25, 0.3) is 0 Å². The highest BCUT2D eigenvalue weighted by Gasteiger charge is 1.96. The maximum Gasteiger partial charge on any atom is 0.0853 e. The standard InChI is InChI=1S/C11H11NO/c1-8-2-3-9-6-12-11(7-13)5-10(9)4-8/h2-6,13H,7H2,1H3. The summed E-state index contributed by atoms with van der Waals surface area (Å²) in [6.07, 6.45) is 1.79. The molecule has 0 fully saturated rings. The van der Waals surface area contributed by atoms with Crippen LogP contribution in [0.4, 0.5) is 0 Å². The Hall–Kier alpha value is -1.41. The lowest BCUT2D eigenvalue weighted by molar-refractivity contribution is 0.277. The van der Waals surface area contributed by atoms with Crippen LogP contribution in [0.1, 0.15) is 11.3 Å². The van der Waals surface area contributed by atoms with Crippen molar-refractivity contribution < 1.29 is 5.11 Å². The summed E-state index contributed by atoms with van der Waals surface area (Å²) in [5.74, 6) is 0. The van der Waals surface area contributed by atoms with E-state index >= 15 is 0 Å². The first-order chi connectivity index (χ1) is 6.29. The van der Waals surface area contributed by atoms with Crippen LogP contribution in [0.3, 0.4) is 0 Å². The Labute approximate surface area is 76.9 Å². The Morgan fingerprint density at radius 1 is 1.23 bits per heavy atom. The molecular formula is C11H11NO. The minimum absolute atomic E-state index is 0.00385. The molecule has 1 aromatic heterocycles. The van der Waals surface area contributed by atoms with Gasteiger partial charge in [-0.05, 0) is 18.4 Å². The fourth-order valence-electron chi connectivity index (χ4n) is 1.39. The van der Waals surface area contributed by atoms with Gasteiger partial charge in [0, 0.05) is 11.6 Å². The van der Waals surface area contributed by atoms with E-state index in [4.69, 9.17) is 5.11 Å². The molecule has 0 unspecified atom stereocenters. The molecule has 0 saturated heterocycles. The zero-order valence-electron chi connectivity index (χ0n) is 7.49. The van der Waals surface area contributed by atoms with Crippen molar-refractivity contribution in [2.75, 3.05) is 0 Å². The first-order valence-corrected chi connectivity index (χ1v) is 4.26. The molecule has 2 nitrogen and oxygen atoms in total. The highest BCUT2D eigenvalue weighted by atomic mass is 16.3. The zero-order chi connectivity index (χ0) is 9.26. The molecule has 1 heterocycles. The molecule has 0 bridgehead atoms. The van der Waals surface area contributed by atoms with Crippen LogP contribution in [0.15, 0.2) is 30.5 Å². The van der Waals surface area contributed by atoms with Crippen LogP contribution >= 0.6 is 0 Å². The fourth-order valence-corrected chi connectivity index (χ4v) is 1.39. The van der Waals surface area contributed by atoms with Crippen molar-refractivity contribution in [3.63, 3.8) is 0 Å². The minimum Gasteiger partial charge on any atom is -0.390 e. The van der Waals surface area contributed by atoms with E-state index in [1.165, 1.54) is 5.56 Å². The molecular weight excluding hydrogens is 162 g/mol. The van der Waals surface area contributed by atoms with E-state index in [0.29, 0.717) is 0 Å². The molecule has 2 aromatic rings. The second-order valence-electron chi connectivity index (χ2n) is 3.18. The molecule has 0 aliphatic heterocycles. The number of aromatic nitrogens is 1. The summed E-state index contributed by atoms with van der Waals surface area (Å²) in [5.41, 5.74) is 1.95. The lowest BCUT2D eigenvalue weighted by Crippen LogP contribution is -1.88. The average Bonchev–Trinajstić information content (AvgIpc) is 2.16. The summed E-state index contributed by atoms with van der Waals surface area (Å²) >= 11 is 0. The highest BCUT2D eigenvalue weighted by molar-refractivity contribution is 5.82. The van der Waals surface area contributed by atoms with Crippen molar-refractivity contribution in [2.24, 2.45) is 0 Å². The second kappa shape index (κ2) is 3.15. The summed E-state index contributed by atoms with van der Waals surface area (Å²) in [4.78, 5) is 4.11. The van der Waals surface area contributed by atoms with E-state index in [1.54, 1.807) is 6.20 Å². The summed E-state index contributed by atoms with van der Waals surface area (Å²) in [6.45, 7) is 2.06. The fraction of sp³-hybridized carbons (Fsp3) is 0.182. The Kier molecular flexibility index (Phi) is 1.99. The summed E-state index contributed by atoms with van der Waals surface area (Å²) in [5, 5.41) is 11.2. The largest absolute Gasteiger partial charge is 0.390 e. The van der Waals surface area contributed by atoms with Gasteiger partial charge in [-0.3, -0.25) is 4.98 Å². The van der Waals surface area contributed by atoms with Crippen LogP contribution in [0, 0.1) is 6.92 Å². The molecule has 1 N–H and O–H groups in total. The van der Waals surface area contributed by atoms with Gasteiger partial charge in [-0.25, -0.2) is 0 Å². The highest BCUT2D eigenvalue weighted by Crippen LogP contribution is 2.15. The third kappa shape index (κ3) is 1.53. The monoisotopic (exact) mass is 173 g/mol. The number of aliphatic hydroxyl groups is 1. The molecule has 0 aliphatic rings. The summed E-state index contributed by atoms with van der Waals surface area (Å²) < 4.78 is 0. The number of rotatable bonds is 1. The van der Waals surface area contributed by atoms with Gasteiger partial charge in [0.2, 0.25) is 0 Å². The van der Waals surface area contributed by atoms with Gasteiger partial charge in [-0.15, -0.1) is 0 Å². The summed E-state index contributed by atoms with van der Waals surface area (Å²) in [7, 11) is 0. The minimum atomic E-state index is 0.00385. The molecule has 13 heavy (non-hydrogen) atoms. The molecule has 2 heteroatoms. The van der Waals surface area contributed by atoms with Crippen molar-refractivity contribution in [3.05, 3.63) is 41.7 Å². The van der Waals surface area contributed by atoms with Gasteiger partial charge >= 0.3 is 0 Å². The van der Waals surface area contributed by atoms with Crippen molar-refractivity contribution >= 4 is 10.8 Å². The number of pyridine rings is 1. The predicted molar refractivity (Wildman–Crippen MR) is 52.4 cm³/mol. The van der Waals surface area contributed by atoms with Crippen molar-refractivity contribution in [3.8, 4) is 0 Å². The Morgan fingerprint density at radius 3 is 2.85 bits per heavy atom. The number of nitrogens with zero attached hydrogens (tertiary/aromatic N) is 1. The number of fused-ring (bicyclic) bond motifs is 1. The molecule has 0 spiro atoms. The van der Waals surface area contributed by atoms with Gasteiger partial charge in [0.1, 0.15) is 0 Å². The SMILES string of the molecule is Cc1ccc2cnc(CO)cc2c1.